The second-order valence-corrected chi connectivity index (χ2v) is 6.06. The van der Waals surface area contributed by atoms with Crippen molar-refractivity contribution in [1.82, 2.24) is 0 Å². The average Bonchev–Trinajstić information content (AvgIpc) is 3.21. The molecular weight excluding hydrogens is 330 g/mol. The Labute approximate surface area is 152 Å². The number of anilines is 2. The lowest BCUT2D eigenvalue weighted by Gasteiger charge is -2.22. The highest BCUT2D eigenvalue weighted by Crippen LogP contribution is 2.30. The van der Waals surface area contributed by atoms with Gasteiger partial charge in [-0.25, -0.2) is 4.79 Å². The largest absolute Gasteiger partial charge is 0.465 e. The van der Waals surface area contributed by atoms with Crippen molar-refractivity contribution in [3.63, 3.8) is 0 Å². The molecule has 26 heavy (non-hydrogen) atoms. The first-order chi connectivity index (χ1) is 12.6. The minimum absolute atomic E-state index is 0.294. The van der Waals surface area contributed by atoms with Gasteiger partial charge in [0, 0.05) is 18.7 Å². The maximum atomic E-state index is 12.6. The first-order valence-corrected chi connectivity index (χ1v) is 8.41. The molecule has 0 saturated carbocycles. The minimum atomic E-state index is -0.452. The number of esters is 1. The average molecular weight is 349 g/mol. The Morgan fingerprint density at radius 1 is 1.08 bits per heavy atom. The van der Waals surface area contributed by atoms with Gasteiger partial charge in [-0.15, -0.1) is 0 Å². The van der Waals surface area contributed by atoms with Crippen molar-refractivity contribution in [2.45, 2.75) is 12.8 Å². The van der Waals surface area contributed by atoms with Crippen LogP contribution in [0.3, 0.4) is 0 Å². The standard InChI is InChI=1S/C20H19N3O3/c1-26-20(25)16-8-9-18(23-10-2-3-11-23)17(12-16)22-19(24)15-6-4-14(13-21)5-7-15/h4-9,12H,2-3,10-11H2,1H3,(H,22,24). The van der Waals surface area contributed by atoms with Crippen LogP contribution in [0.15, 0.2) is 42.5 Å². The molecule has 3 rings (SSSR count). The van der Waals surface area contributed by atoms with Crippen LogP contribution in [0.1, 0.15) is 39.1 Å². The van der Waals surface area contributed by atoms with Crippen LogP contribution in [-0.2, 0) is 4.74 Å². The van der Waals surface area contributed by atoms with Crippen LogP contribution in [0.25, 0.3) is 0 Å². The summed E-state index contributed by atoms with van der Waals surface area (Å²) < 4.78 is 4.78. The lowest BCUT2D eigenvalue weighted by molar-refractivity contribution is 0.0600. The van der Waals surface area contributed by atoms with Gasteiger partial charge in [0.2, 0.25) is 0 Å². The van der Waals surface area contributed by atoms with E-state index in [1.807, 2.05) is 12.1 Å². The number of carbonyl (C=O) groups is 2. The Morgan fingerprint density at radius 3 is 2.35 bits per heavy atom. The molecule has 1 heterocycles. The van der Waals surface area contributed by atoms with Gasteiger partial charge >= 0.3 is 5.97 Å². The van der Waals surface area contributed by atoms with Gasteiger partial charge in [-0.2, -0.15) is 5.26 Å². The van der Waals surface area contributed by atoms with Gasteiger partial charge in [-0.05, 0) is 55.3 Å². The highest BCUT2D eigenvalue weighted by atomic mass is 16.5. The number of benzene rings is 2. The van der Waals surface area contributed by atoms with E-state index in [0.717, 1.165) is 31.6 Å². The van der Waals surface area contributed by atoms with E-state index in [0.29, 0.717) is 22.4 Å². The van der Waals surface area contributed by atoms with Crippen molar-refractivity contribution in [3.8, 4) is 6.07 Å². The molecule has 132 valence electrons. The van der Waals surface area contributed by atoms with Gasteiger partial charge in [0.15, 0.2) is 0 Å². The van der Waals surface area contributed by atoms with Crippen LogP contribution in [-0.4, -0.2) is 32.1 Å². The fourth-order valence-electron chi connectivity index (χ4n) is 3.01. The van der Waals surface area contributed by atoms with Crippen molar-refractivity contribution in [2.75, 3.05) is 30.4 Å². The molecule has 1 saturated heterocycles. The number of hydrogen-bond acceptors (Lipinski definition) is 5. The van der Waals surface area contributed by atoms with E-state index in [4.69, 9.17) is 10.00 Å². The number of ether oxygens (including phenoxy) is 1. The van der Waals surface area contributed by atoms with Gasteiger partial charge in [-0.1, -0.05) is 0 Å². The van der Waals surface area contributed by atoms with Crippen molar-refractivity contribution in [3.05, 3.63) is 59.2 Å². The maximum Gasteiger partial charge on any atom is 0.337 e. The first kappa shape index (κ1) is 17.5. The number of amides is 1. The predicted molar refractivity (Wildman–Crippen MR) is 98.3 cm³/mol. The van der Waals surface area contributed by atoms with Crippen molar-refractivity contribution in [1.29, 1.82) is 5.26 Å². The molecule has 1 N–H and O–H groups in total. The smallest absolute Gasteiger partial charge is 0.337 e. The zero-order valence-electron chi connectivity index (χ0n) is 14.5. The summed E-state index contributed by atoms with van der Waals surface area (Å²) in [7, 11) is 1.33. The Kier molecular flexibility index (Phi) is 5.18. The summed E-state index contributed by atoms with van der Waals surface area (Å²) in [5, 5.41) is 11.8. The number of nitrogens with zero attached hydrogens (tertiary/aromatic N) is 2. The number of carbonyl (C=O) groups excluding carboxylic acids is 2. The lowest BCUT2D eigenvalue weighted by Crippen LogP contribution is -2.21. The Bertz CT molecular complexity index is 863. The van der Waals surface area contributed by atoms with Crippen LogP contribution in [0.4, 0.5) is 11.4 Å². The molecule has 0 atom stereocenters. The molecule has 0 spiro atoms. The van der Waals surface area contributed by atoms with E-state index in [9.17, 15) is 9.59 Å². The zero-order valence-corrected chi connectivity index (χ0v) is 14.5. The number of nitriles is 1. The first-order valence-electron chi connectivity index (χ1n) is 8.41. The zero-order chi connectivity index (χ0) is 18.5. The van der Waals surface area contributed by atoms with Gasteiger partial charge in [0.05, 0.1) is 35.7 Å². The number of hydrogen-bond donors (Lipinski definition) is 1. The third-order valence-corrected chi connectivity index (χ3v) is 4.39. The van der Waals surface area contributed by atoms with Crippen molar-refractivity contribution < 1.29 is 14.3 Å². The van der Waals surface area contributed by atoms with Crippen LogP contribution in [0, 0.1) is 11.3 Å². The molecule has 2 aromatic rings. The third kappa shape index (κ3) is 3.67. The SMILES string of the molecule is COC(=O)c1ccc(N2CCCC2)c(NC(=O)c2ccc(C#N)cc2)c1. The van der Waals surface area contributed by atoms with E-state index >= 15 is 0 Å². The van der Waals surface area contributed by atoms with Crippen LogP contribution >= 0.6 is 0 Å². The highest BCUT2D eigenvalue weighted by molar-refractivity contribution is 6.07. The molecule has 0 aromatic heterocycles. The van der Waals surface area contributed by atoms with Gasteiger partial charge < -0.3 is 15.0 Å². The summed E-state index contributed by atoms with van der Waals surface area (Å²) in [6.45, 7) is 1.83. The van der Waals surface area contributed by atoms with Gasteiger partial charge in [0.25, 0.3) is 5.91 Å². The molecule has 0 radical (unpaired) electrons. The summed E-state index contributed by atoms with van der Waals surface area (Å²) in [6, 6.07) is 13.6. The number of nitrogens with one attached hydrogen (secondary N) is 1. The van der Waals surface area contributed by atoms with Crippen molar-refractivity contribution >= 4 is 23.3 Å². The van der Waals surface area contributed by atoms with Crippen LogP contribution < -0.4 is 10.2 Å². The van der Waals surface area contributed by atoms with Gasteiger partial charge in [0.1, 0.15) is 0 Å². The van der Waals surface area contributed by atoms with E-state index in [1.165, 1.54) is 7.11 Å². The summed E-state index contributed by atoms with van der Waals surface area (Å²) >= 11 is 0. The molecule has 1 aliphatic rings. The molecule has 1 fully saturated rings. The normalized spacial score (nSPS) is 13.2. The molecule has 0 aliphatic carbocycles. The molecule has 2 aromatic carbocycles. The molecular formula is C20H19N3O3. The molecule has 1 amide bonds. The molecule has 1 aliphatic heterocycles. The summed E-state index contributed by atoms with van der Waals surface area (Å²) in [6.07, 6.45) is 2.20. The monoisotopic (exact) mass is 349 g/mol. The maximum absolute atomic E-state index is 12.6. The molecule has 6 nitrogen and oxygen atoms in total. The predicted octanol–water partition coefficient (Wildman–Crippen LogP) is 3.20. The van der Waals surface area contributed by atoms with Crippen molar-refractivity contribution in [2.24, 2.45) is 0 Å². The topological polar surface area (TPSA) is 82.4 Å². The molecule has 0 bridgehead atoms. The quantitative estimate of drug-likeness (QED) is 0.857. The second kappa shape index (κ2) is 7.70. The summed E-state index contributed by atoms with van der Waals surface area (Å²) in [5.41, 5.74) is 2.78. The van der Waals surface area contributed by atoms with E-state index in [-0.39, 0.29) is 5.91 Å². The minimum Gasteiger partial charge on any atom is -0.465 e. The number of methoxy groups -OCH3 is 1. The second-order valence-electron chi connectivity index (χ2n) is 6.06. The highest BCUT2D eigenvalue weighted by Gasteiger charge is 2.19. The lowest BCUT2D eigenvalue weighted by atomic mass is 10.1. The van der Waals surface area contributed by atoms with E-state index in [2.05, 4.69) is 10.2 Å². The Balaban J connectivity index is 1.90. The van der Waals surface area contributed by atoms with E-state index in [1.54, 1.807) is 36.4 Å². The summed E-state index contributed by atoms with van der Waals surface area (Å²) in [4.78, 5) is 26.6. The third-order valence-electron chi connectivity index (χ3n) is 4.39. The van der Waals surface area contributed by atoms with Crippen LogP contribution in [0.2, 0.25) is 0 Å². The summed E-state index contributed by atoms with van der Waals surface area (Å²) in [5.74, 6) is -0.746. The van der Waals surface area contributed by atoms with Gasteiger partial charge in [-0.3, -0.25) is 4.79 Å². The van der Waals surface area contributed by atoms with Crippen LogP contribution in [0.5, 0.6) is 0 Å². The fraction of sp³-hybridized carbons (Fsp3) is 0.250. The molecule has 6 heteroatoms. The number of rotatable bonds is 4. The molecule has 0 unspecified atom stereocenters. The fourth-order valence-corrected chi connectivity index (χ4v) is 3.01. The Morgan fingerprint density at radius 2 is 1.73 bits per heavy atom. The van der Waals surface area contributed by atoms with E-state index < -0.39 is 5.97 Å². The Hall–Kier alpha value is -3.33.